The lowest BCUT2D eigenvalue weighted by molar-refractivity contribution is 0.153. The summed E-state index contributed by atoms with van der Waals surface area (Å²) >= 11 is 0. The van der Waals surface area contributed by atoms with Crippen LogP contribution >= 0.6 is 24.0 Å². The topological polar surface area (TPSA) is 78.1 Å². The van der Waals surface area contributed by atoms with E-state index in [0.29, 0.717) is 24.0 Å². The first-order valence-corrected chi connectivity index (χ1v) is 7.65. The molecule has 0 amide bonds. The van der Waals surface area contributed by atoms with E-state index >= 15 is 0 Å². The van der Waals surface area contributed by atoms with E-state index in [2.05, 4.69) is 24.2 Å². The van der Waals surface area contributed by atoms with Crippen LogP contribution in [0.3, 0.4) is 0 Å². The van der Waals surface area contributed by atoms with Crippen LogP contribution in [-0.4, -0.2) is 40.4 Å². The Morgan fingerprint density at radius 3 is 2.42 bits per heavy atom. The predicted molar refractivity (Wildman–Crippen MR) is 109 cm³/mol. The molecule has 0 heterocycles. The van der Waals surface area contributed by atoms with E-state index < -0.39 is 0 Å². The number of hydrogen-bond donors (Lipinski definition) is 2. The van der Waals surface area contributed by atoms with Crippen molar-refractivity contribution in [2.75, 3.05) is 34.5 Å². The Kier molecular flexibility index (Phi) is 10.8. The normalized spacial score (nSPS) is 11.6. The number of nitrogens with zero attached hydrogens (tertiary/aromatic N) is 1. The van der Waals surface area contributed by atoms with E-state index in [1.54, 1.807) is 21.3 Å². The highest BCUT2D eigenvalue weighted by Crippen LogP contribution is 2.27. The van der Waals surface area contributed by atoms with Crippen molar-refractivity contribution in [3.8, 4) is 11.5 Å². The molecule has 3 N–H and O–H groups in total. The van der Waals surface area contributed by atoms with Gasteiger partial charge in [0, 0.05) is 20.3 Å². The van der Waals surface area contributed by atoms with Crippen molar-refractivity contribution in [3.63, 3.8) is 0 Å². The smallest absolute Gasteiger partial charge is 0.188 e. The first-order valence-electron chi connectivity index (χ1n) is 7.65. The Morgan fingerprint density at radius 2 is 1.83 bits per heavy atom. The maximum atomic E-state index is 5.94. The minimum Gasteiger partial charge on any atom is -0.493 e. The van der Waals surface area contributed by atoms with Crippen molar-refractivity contribution >= 4 is 29.9 Å². The second-order valence-electron chi connectivity index (χ2n) is 6.15. The lowest BCUT2D eigenvalue weighted by atomic mass is 9.90. The van der Waals surface area contributed by atoms with Gasteiger partial charge in [-0.3, -0.25) is 0 Å². The molecule has 6 nitrogen and oxygen atoms in total. The molecular weight excluding hydrogens is 421 g/mol. The molecule has 0 bridgehead atoms. The molecule has 0 aromatic heterocycles. The molecule has 0 fully saturated rings. The Hall–Kier alpha value is -1.22. The van der Waals surface area contributed by atoms with Gasteiger partial charge in [0.15, 0.2) is 17.5 Å². The number of halogens is 1. The van der Waals surface area contributed by atoms with Gasteiger partial charge in [0.1, 0.15) is 0 Å². The molecule has 1 rings (SSSR count). The van der Waals surface area contributed by atoms with Crippen LogP contribution in [0.4, 0.5) is 0 Å². The molecule has 1 aromatic carbocycles. The third-order valence-corrected chi connectivity index (χ3v) is 3.61. The van der Waals surface area contributed by atoms with E-state index in [1.165, 1.54) is 0 Å². The Bertz CT molecular complexity index is 522. The summed E-state index contributed by atoms with van der Waals surface area (Å²) in [5, 5.41) is 3.17. The van der Waals surface area contributed by atoms with Crippen molar-refractivity contribution in [2.24, 2.45) is 16.1 Å². The van der Waals surface area contributed by atoms with E-state index in [9.17, 15) is 0 Å². The third-order valence-electron chi connectivity index (χ3n) is 3.61. The third kappa shape index (κ3) is 8.05. The summed E-state index contributed by atoms with van der Waals surface area (Å²) in [4.78, 5) is 4.36. The predicted octanol–water partition coefficient (Wildman–Crippen LogP) is 2.79. The standard InChI is InChI=1S/C17H29N3O3.HI/c1-17(2,8-9-21-3)12-20-16(18)19-11-13-6-7-14(22-4)15(10-13)23-5;/h6-7,10H,8-9,11-12H2,1-5H3,(H3,18,19,20);1H. The van der Waals surface area contributed by atoms with E-state index in [1.807, 2.05) is 18.2 Å². The number of nitrogens with one attached hydrogen (secondary N) is 1. The average molecular weight is 451 g/mol. The van der Waals surface area contributed by atoms with Crippen molar-refractivity contribution in [1.82, 2.24) is 5.32 Å². The highest BCUT2D eigenvalue weighted by atomic mass is 127. The second kappa shape index (κ2) is 11.4. The number of hydrogen-bond acceptors (Lipinski definition) is 4. The average Bonchev–Trinajstić information content (AvgIpc) is 2.56. The van der Waals surface area contributed by atoms with Crippen molar-refractivity contribution in [1.29, 1.82) is 0 Å². The maximum Gasteiger partial charge on any atom is 0.188 e. The van der Waals surface area contributed by atoms with E-state index in [4.69, 9.17) is 19.9 Å². The highest BCUT2D eigenvalue weighted by molar-refractivity contribution is 14.0. The van der Waals surface area contributed by atoms with Crippen LogP contribution in [0.15, 0.2) is 23.2 Å². The number of aliphatic imine (C=N–C) groups is 1. The molecule has 0 radical (unpaired) electrons. The Morgan fingerprint density at radius 1 is 1.17 bits per heavy atom. The molecule has 0 unspecified atom stereocenters. The largest absolute Gasteiger partial charge is 0.493 e. The fourth-order valence-corrected chi connectivity index (χ4v) is 2.01. The molecule has 0 aliphatic rings. The summed E-state index contributed by atoms with van der Waals surface area (Å²) in [7, 11) is 4.94. The van der Waals surface area contributed by atoms with Gasteiger partial charge in [-0.05, 0) is 29.5 Å². The SMILES string of the molecule is COCCC(C)(C)CNC(N)=NCc1ccc(OC)c(OC)c1.I. The molecule has 138 valence electrons. The van der Waals surface area contributed by atoms with Crippen LogP contribution in [0.5, 0.6) is 11.5 Å². The summed E-state index contributed by atoms with van der Waals surface area (Å²) in [6, 6.07) is 5.71. The fourth-order valence-electron chi connectivity index (χ4n) is 2.01. The van der Waals surface area contributed by atoms with Crippen molar-refractivity contribution in [3.05, 3.63) is 23.8 Å². The van der Waals surface area contributed by atoms with Gasteiger partial charge >= 0.3 is 0 Å². The summed E-state index contributed by atoms with van der Waals surface area (Å²) < 4.78 is 15.6. The van der Waals surface area contributed by atoms with Gasteiger partial charge in [-0.25, -0.2) is 4.99 Å². The monoisotopic (exact) mass is 451 g/mol. The molecule has 0 aliphatic heterocycles. The Labute approximate surface area is 162 Å². The molecule has 0 spiro atoms. The maximum absolute atomic E-state index is 5.94. The lowest BCUT2D eigenvalue weighted by Gasteiger charge is -2.24. The minimum atomic E-state index is 0. The van der Waals surface area contributed by atoms with Gasteiger partial charge < -0.3 is 25.3 Å². The van der Waals surface area contributed by atoms with Gasteiger partial charge in [-0.15, -0.1) is 24.0 Å². The molecule has 7 heteroatoms. The summed E-state index contributed by atoms with van der Waals surface area (Å²) in [5.74, 6) is 1.82. The van der Waals surface area contributed by atoms with Gasteiger partial charge in [0.2, 0.25) is 0 Å². The number of nitrogens with two attached hydrogens (primary N) is 1. The molecule has 0 saturated heterocycles. The summed E-state index contributed by atoms with van der Waals surface area (Å²) in [6.07, 6.45) is 0.958. The second-order valence-corrected chi connectivity index (χ2v) is 6.15. The van der Waals surface area contributed by atoms with E-state index in [0.717, 1.165) is 25.1 Å². The van der Waals surface area contributed by atoms with Gasteiger partial charge in [0.05, 0.1) is 20.8 Å². The lowest BCUT2D eigenvalue weighted by Crippen LogP contribution is -2.39. The molecule has 24 heavy (non-hydrogen) atoms. The van der Waals surface area contributed by atoms with Crippen molar-refractivity contribution in [2.45, 2.75) is 26.8 Å². The van der Waals surface area contributed by atoms with Gasteiger partial charge in [0.25, 0.3) is 0 Å². The van der Waals surface area contributed by atoms with E-state index in [-0.39, 0.29) is 29.4 Å². The van der Waals surface area contributed by atoms with Crippen LogP contribution < -0.4 is 20.5 Å². The van der Waals surface area contributed by atoms with Crippen LogP contribution in [0.25, 0.3) is 0 Å². The number of ether oxygens (including phenoxy) is 3. The van der Waals surface area contributed by atoms with Gasteiger partial charge in [-0.2, -0.15) is 0 Å². The fraction of sp³-hybridized carbons (Fsp3) is 0.588. The first kappa shape index (κ1) is 22.8. The summed E-state index contributed by atoms with van der Waals surface area (Å²) in [6.45, 7) is 6.30. The van der Waals surface area contributed by atoms with Crippen molar-refractivity contribution < 1.29 is 14.2 Å². The zero-order chi connectivity index (χ0) is 17.3. The van der Waals surface area contributed by atoms with Crippen LogP contribution in [-0.2, 0) is 11.3 Å². The molecule has 1 aromatic rings. The van der Waals surface area contributed by atoms with Crippen LogP contribution in [0.1, 0.15) is 25.8 Å². The molecule has 0 aliphatic carbocycles. The molecule has 0 atom stereocenters. The van der Waals surface area contributed by atoms with Crippen LogP contribution in [0, 0.1) is 5.41 Å². The number of benzene rings is 1. The zero-order valence-electron chi connectivity index (χ0n) is 15.2. The first-order chi connectivity index (χ1) is 10.9. The zero-order valence-corrected chi connectivity index (χ0v) is 17.5. The number of guanidine groups is 1. The molecular formula is C17H30IN3O3. The quantitative estimate of drug-likeness (QED) is 0.343. The highest BCUT2D eigenvalue weighted by Gasteiger charge is 2.17. The minimum absolute atomic E-state index is 0. The number of methoxy groups -OCH3 is 3. The number of rotatable bonds is 9. The van der Waals surface area contributed by atoms with Gasteiger partial charge in [-0.1, -0.05) is 19.9 Å². The summed E-state index contributed by atoms with van der Waals surface area (Å²) in [5.41, 5.74) is 7.04. The molecule has 0 saturated carbocycles. The Balaban J connectivity index is 0.00000529. The van der Waals surface area contributed by atoms with Crippen LogP contribution in [0.2, 0.25) is 0 Å².